The van der Waals surface area contributed by atoms with Crippen LogP contribution in [0.5, 0.6) is 0 Å². The van der Waals surface area contributed by atoms with Crippen LogP contribution in [0, 0.1) is 0 Å². The van der Waals surface area contributed by atoms with E-state index >= 15 is 0 Å². The van der Waals surface area contributed by atoms with Gasteiger partial charge in [0.2, 0.25) is 0 Å². The minimum Gasteiger partial charge on any atom is -0.255 e. The molecule has 0 aliphatic heterocycles. The van der Waals surface area contributed by atoms with E-state index < -0.39 is 0 Å². The van der Waals surface area contributed by atoms with Crippen molar-refractivity contribution in [1.29, 1.82) is 0 Å². The van der Waals surface area contributed by atoms with Crippen LogP contribution in [-0.2, 0) is 6.42 Å². The highest BCUT2D eigenvalue weighted by Gasteiger charge is 2.07. The molecule has 0 amide bonds. The maximum Gasteiger partial charge on any atom is 0.0814 e. The zero-order chi connectivity index (χ0) is 11.7. The molecule has 3 aromatic rings. The quantitative estimate of drug-likeness (QED) is 0.617. The summed E-state index contributed by atoms with van der Waals surface area (Å²) in [7, 11) is 0. The van der Waals surface area contributed by atoms with E-state index in [4.69, 9.17) is 4.98 Å². The van der Waals surface area contributed by atoms with Crippen molar-refractivity contribution in [2.24, 2.45) is 0 Å². The average molecular weight is 222 g/mol. The van der Waals surface area contributed by atoms with Crippen LogP contribution >= 0.6 is 0 Å². The van der Waals surface area contributed by atoms with E-state index in [1.807, 2.05) is 24.4 Å². The highest BCUT2D eigenvalue weighted by molar-refractivity contribution is 6.03. The first-order valence-electron chi connectivity index (χ1n) is 6.02. The van der Waals surface area contributed by atoms with Gasteiger partial charge in [-0.1, -0.05) is 31.5 Å². The number of para-hydroxylation sites is 1. The molecule has 0 N–H and O–H groups in total. The molecule has 2 heteroatoms. The van der Waals surface area contributed by atoms with Gasteiger partial charge in [-0.25, -0.2) is 0 Å². The highest BCUT2D eigenvalue weighted by atomic mass is 14.7. The van der Waals surface area contributed by atoms with Crippen LogP contribution in [-0.4, -0.2) is 9.97 Å². The number of hydrogen-bond donors (Lipinski definition) is 0. The summed E-state index contributed by atoms with van der Waals surface area (Å²) in [6.45, 7) is 2.18. The van der Waals surface area contributed by atoms with Gasteiger partial charge in [0, 0.05) is 17.0 Å². The van der Waals surface area contributed by atoms with E-state index in [1.165, 1.54) is 5.39 Å². The molecule has 0 aliphatic carbocycles. The molecule has 0 saturated heterocycles. The summed E-state index contributed by atoms with van der Waals surface area (Å²) in [5.74, 6) is 0. The van der Waals surface area contributed by atoms with Crippen molar-refractivity contribution in [2.45, 2.75) is 19.8 Å². The normalized spacial score (nSPS) is 11.1. The third-order valence-corrected chi connectivity index (χ3v) is 3.02. The van der Waals surface area contributed by atoms with E-state index in [1.54, 1.807) is 0 Å². The number of pyridine rings is 2. The van der Waals surface area contributed by atoms with Gasteiger partial charge in [-0.05, 0) is 24.6 Å². The minimum absolute atomic E-state index is 1.01. The van der Waals surface area contributed by atoms with Crippen molar-refractivity contribution in [3.05, 3.63) is 48.3 Å². The second-order valence-corrected chi connectivity index (χ2v) is 4.23. The molecule has 2 aromatic heterocycles. The number of nitrogens with zero attached hydrogens (tertiary/aromatic N) is 2. The molecule has 2 heterocycles. The summed E-state index contributed by atoms with van der Waals surface area (Å²) < 4.78 is 0. The largest absolute Gasteiger partial charge is 0.255 e. The Morgan fingerprint density at radius 1 is 1.00 bits per heavy atom. The lowest BCUT2D eigenvalue weighted by atomic mass is 10.1. The van der Waals surface area contributed by atoms with Gasteiger partial charge >= 0.3 is 0 Å². The summed E-state index contributed by atoms with van der Waals surface area (Å²) in [5, 5.41) is 2.33. The molecule has 2 nitrogen and oxygen atoms in total. The van der Waals surface area contributed by atoms with Gasteiger partial charge in [0.25, 0.3) is 0 Å². The number of fused-ring (bicyclic) bond motifs is 3. The van der Waals surface area contributed by atoms with E-state index in [0.29, 0.717) is 0 Å². The summed E-state index contributed by atoms with van der Waals surface area (Å²) >= 11 is 0. The number of aromatic nitrogens is 2. The van der Waals surface area contributed by atoms with Crippen molar-refractivity contribution >= 4 is 21.8 Å². The summed E-state index contributed by atoms with van der Waals surface area (Å²) in [4.78, 5) is 9.27. The van der Waals surface area contributed by atoms with E-state index in [-0.39, 0.29) is 0 Å². The molecular weight excluding hydrogens is 208 g/mol. The van der Waals surface area contributed by atoms with Gasteiger partial charge in [0.1, 0.15) is 0 Å². The molecule has 0 aliphatic rings. The van der Waals surface area contributed by atoms with Gasteiger partial charge in [-0.3, -0.25) is 9.97 Å². The predicted octanol–water partition coefficient (Wildman–Crippen LogP) is 3.74. The smallest absolute Gasteiger partial charge is 0.0814 e. The molecule has 84 valence electrons. The Kier molecular flexibility index (Phi) is 2.48. The third-order valence-electron chi connectivity index (χ3n) is 3.02. The first kappa shape index (κ1) is 10.2. The topological polar surface area (TPSA) is 25.8 Å². The van der Waals surface area contributed by atoms with Crippen molar-refractivity contribution in [3.8, 4) is 0 Å². The minimum atomic E-state index is 1.01. The van der Waals surface area contributed by atoms with Crippen LogP contribution in [0.2, 0.25) is 0 Å². The molecule has 1 aromatic carbocycles. The van der Waals surface area contributed by atoms with Crippen molar-refractivity contribution < 1.29 is 0 Å². The number of rotatable bonds is 2. The van der Waals surface area contributed by atoms with Gasteiger partial charge in [0.15, 0.2) is 0 Å². The monoisotopic (exact) mass is 222 g/mol. The Hall–Kier alpha value is -1.96. The van der Waals surface area contributed by atoms with Crippen LogP contribution in [0.4, 0.5) is 0 Å². The average Bonchev–Trinajstić information content (AvgIpc) is 2.39. The second-order valence-electron chi connectivity index (χ2n) is 4.23. The molecule has 0 saturated carbocycles. The molecule has 0 atom stereocenters. The van der Waals surface area contributed by atoms with Gasteiger partial charge in [-0.15, -0.1) is 0 Å². The summed E-state index contributed by atoms with van der Waals surface area (Å²) in [6, 6.07) is 12.3. The molecule has 0 fully saturated rings. The maximum absolute atomic E-state index is 4.75. The van der Waals surface area contributed by atoms with Crippen molar-refractivity contribution in [2.75, 3.05) is 0 Å². The Morgan fingerprint density at radius 3 is 2.71 bits per heavy atom. The first-order chi connectivity index (χ1) is 8.40. The lowest BCUT2D eigenvalue weighted by Gasteiger charge is -2.07. The molecule has 17 heavy (non-hydrogen) atoms. The number of aryl methyl sites for hydroxylation is 1. The van der Waals surface area contributed by atoms with Crippen LogP contribution in [0.25, 0.3) is 21.8 Å². The van der Waals surface area contributed by atoms with Crippen molar-refractivity contribution in [1.82, 2.24) is 9.97 Å². The fraction of sp³-hybridized carbons (Fsp3) is 0.200. The van der Waals surface area contributed by atoms with Crippen LogP contribution < -0.4 is 0 Å². The number of hydrogen-bond acceptors (Lipinski definition) is 2. The Labute approximate surface area is 100 Å². The fourth-order valence-corrected chi connectivity index (χ4v) is 2.26. The third kappa shape index (κ3) is 1.66. The summed E-state index contributed by atoms with van der Waals surface area (Å²) in [5.41, 5.74) is 3.28. The highest BCUT2D eigenvalue weighted by Crippen LogP contribution is 2.24. The molecule has 0 spiro atoms. The van der Waals surface area contributed by atoms with E-state index in [9.17, 15) is 0 Å². The summed E-state index contributed by atoms with van der Waals surface area (Å²) in [6.07, 6.45) is 3.97. The fourth-order valence-electron chi connectivity index (χ4n) is 2.26. The zero-order valence-corrected chi connectivity index (χ0v) is 9.85. The van der Waals surface area contributed by atoms with Crippen LogP contribution in [0.15, 0.2) is 42.6 Å². The zero-order valence-electron chi connectivity index (χ0n) is 9.85. The van der Waals surface area contributed by atoms with Gasteiger partial charge in [0.05, 0.1) is 16.7 Å². The van der Waals surface area contributed by atoms with Crippen LogP contribution in [0.3, 0.4) is 0 Å². The lowest BCUT2D eigenvalue weighted by Crippen LogP contribution is -1.94. The first-order valence-corrected chi connectivity index (χ1v) is 6.02. The van der Waals surface area contributed by atoms with E-state index in [2.05, 4.69) is 30.1 Å². The predicted molar refractivity (Wildman–Crippen MR) is 71.0 cm³/mol. The molecular formula is C15H14N2. The Morgan fingerprint density at radius 2 is 1.82 bits per heavy atom. The van der Waals surface area contributed by atoms with Crippen LogP contribution in [0.1, 0.15) is 19.0 Å². The Balaban J connectivity index is 2.45. The van der Waals surface area contributed by atoms with Gasteiger partial charge < -0.3 is 0 Å². The second kappa shape index (κ2) is 4.13. The standard InChI is InChI=1S/C15H14N2/c1-2-6-13-12-8-5-10-16-15(12)11-7-3-4-9-14(11)17-13/h3-5,7-10H,2,6H2,1H3. The van der Waals surface area contributed by atoms with Gasteiger partial charge in [-0.2, -0.15) is 0 Å². The molecule has 0 bridgehead atoms. The molecule has 3 rings (SSSR count). The SMILES string of the molecule is CCCc1nc2ccccc2c2ncccc12. The lowest BCUT2D eigenvalue weighted by molar-refractivity contribution is 0.899. The number of benzene rings is 1. The molecule has 0 radical (unpaired) electrons. The Bertz CT molecular complexity index is 674. The van der Waals surface area contributed by atoms with Crippen molar-refractivity contribution in [3.63, 3.8) is 0 Å². The maximum atomic E-state index is 4.75. The molecule has 0 unspecified atom stereocenters. The van der Waals surface area contributed by atoms with E-state index in [0.717, 1.165) is 35.0 Å².